The summed E-state index contributed by atoms with van der Waals surface area (Å²) in [5.74, 6) is 0.832. The summed E-state index contributed by atoms with van der Waals surface area (Å²) in [4.78, 5) is 20.7. The zero-order valence-corrected chi connectivity index (χ0v) is 14.1. The molecule has 0 fully saturated rings. The maximum Gasteiger partial charge on any atom is 0.269 e. The van der Waals surface area contributed by atoms with Gasteiger partial charge in [0.15, 0.2) is 5.71 Å². The van der Waals surface area contributed by atoms with Gasteiger partial charge in [-0.05, 0) is 29.8 Å². The minimum absolute atomic E-state index is 0.167. The topological polar surface area (TPSA) is 94.5 Å². The summed E-state index contributed by atoms with van der Waals surface area (Å²) < 4.78 is 7.07. The predicted molar refractivity (Wildman–Crippen MR) is 98.7 cm³/mol. The highest BCUT2D eigenvalue weighted by atomic mass is 16.5. The first-order chi connectivity index (χ1) is 12.7. The van der Waals surface area contributed by atoms with E-state index in [2.05, 4.69) is 15.3 Å². The Labute approximate surface area is 150 Å². The normalized spacial score (nSPS) is 15.6. The SMILES string of the molecule is COc1ccc(-n2cnc3c2NC(c2ccccc2)N=C3C(N)=O)cc1. The Morgan fingerprint density at radius 1 is 1.15 bits per heavy atom. The van der Waals surface area contributed by atoms with Gasteiger partial charge in [0.1, 0.15) is 29.8 Å². The lowest BCUT2D eigenvalue weighted by molar-refractivity contribution is -0.112. The van der Waals surface area contributed by atoms with E-state index >= 15 is 0 Å². The Kier molecular flexibility index (Phi) is 3.89. The van der Waals surface area contributed by atoms with Crippen LogP contribution in [0.3, 0.4) is 0 Å². The highest BCUT2D eigenvalue weighted by molar-refractivity contribution is 6.45. The molecule has 0 bridgehead atoms. The zero-order valence-electron chi connectivity index (χ0n) is 14.1. The van der Waals surface area contributed by atoms with Crippen molar-refractivity contribution in [3.05, 3.63) is 72.2 Å². The molecule has 1 atom stereocenters. The largest absolute Gasteiger partial charge is 0.497 e. The zero-order chi connectivity index (χ0) is 18.1. The summed E-state index contributed by atoms with van der Waals surface area (Å²) in [6.07, 6.45) is 1.23. The number of rotatable bonds is 4. The van der Waals surface area contributed by atoms with E-state index in [0.29, 0.717) is 11.5 Å². The van der Waals surface area contributed by atoms with Crippen molar-refractivity contribution in [3.63, 3.8) is 0 Å². The van der Waals surface area contributed by atoms with Crippen molar-refractivity contribution in [3.8, 4) is 11.4 Å². The summed E-state index contributed by atoms with van der Waals surface area (Å²) in [6.45, 7) is 0. The molecular weight excluding hydrogens is 330 g/mol. The van der Waals surface area contributed by atoms with Gasteiger partial charge in [0.2, 0.25) is 0 Å². The van der Waals surface area contributed by atoms with Crippen molar-refractivity contribution in [2.45, 2.75) is 6.17 Å². The average molecular weight is 347 g/mol. The number of hydrogen-bond donors (Lipinski definition) is 2. The van der Waals surface area contributed by atoms with E-state index in [1.165, 1.54) is 0 Å². The number of primary amides is 1. The van der Waals surface area contributed by atoms with Crippen molar-refractivity contribution in [1.29, 1.82) is 0 Å². The van der Waals surface area contributed by atoms with Crippen LogP contribution in [0.4, 0.5) is 5.82 Å². The number of fused-ring (bicyclic) bond motifs is 1. The van der Waals surface area contributed by atoms with Crippen molar-refractivity contribution in [2.75, 3.05) is 12.4 Å². The third kappa shape index (κ3) is 2.69. The van der Waals surface area contributed by atoms with Crippen LogP contribution >= 0.6 is 0 Å². The quantitative estimate of drug-likeness (QED) is 0.757. The van der Waals surface area contributed by atoms with Crippen LogP contribution in [0.15, 0.2) is 65.9 Å². The van der Waals surface area contributed by atoms with Crippen LogP contribution in [0, 0.1) is 0 Å². The number of ether oxygens (including phenoxy) is 1. The molecule has 1 aromatic heterocycles. The summed E-state index contributed by atoms with van der Waals surface area (Å²) in [7, 11) is 1.62. The number of aliphatic imine (C=N–C) groups is 1. The molecule has 7 nitrogen and oxygen atoms in total. The van der Waals surface area contributed by atoms with Crippen molar-refractivity contribution in [1.82, 2.24) is 9.55 Å². The number of benzene rings is 2. The molecule has 1 amide bonds. The van der Waals surface area contributed by atoms with E-state index in [1.54, 1.807) is 13.4 Å². The highest BCUT2D eigenvalue weighted by Crippen LogP contribution is 2.31. The third-order valence-electron chi connectivity index (χ3n) is 4.22. The van der Waals surface area contributed by atoms with Gasteiger partial charge >= 0.3 is 0 Å². The molecule has 1 unspecified atom stereocenters. The van der Waals surface area contributed by atoms with E-state index in [-0.39, 0.29) is 5.71 Å². The lowest BCUT2D eigenvalue weighted by Crippen LogP contribution is -2.31. The number of aromatic nitrogens is 2. The van der Waals surface area contributed by atoms with Crippen molar-refractivity contribution < 1.29 is 9.53 Å². The first-order valence-corrected chi connectivity index (χ1v) is 8.08. The van der Waals surface area contributed by atoms with Gasteiger partial charge in [-0.25, -0.2) is 9.98 Å². The second kappa shape index (κ2) is 6.36. The molecule has 0 saturated heterocycles. The van der Waals surface area contributed by atoms with Gasteiger partial charge < -0.3 is 15.8 Å². The van der Waals surface area contributed by atoms with Gasteiger partial charge in [0.25, 0.3) is 5.91 Å². The number of anilines is 1. The molecule has 3 aromatic rings. The van der Waals surface area contributed by atoms with Crippen molar-refractivity contribution in [2.24, 2.45) is 10.7 Å². The first-order valence-electron chi connectivity index (χ1n) is 8.08. The van der Waals surface area contributed by atoms with Gasteiger partial charge in [-0.1, -0.05) is 30.3 Å². The Bertz CT molecular complexity index is 977. The number of amides is 1. The summed E-state index contributed by atoms with van der Waals surface area (Å²) >= 11 is 0. The number of nitrogens with one attached hydrogen (secondary N) is 1. The van der Waals surface area contributed by atoms with Crippen LogP contribution in [-0.2, 0) is 4.79 Å². The van der Waals surface area contributed by atoms with Crippen LogP contribution in [-0.4, -0.2) is 28.3 Å². The van der Waals surface area contributed by atoms with Crippen LogP contribution in [0.1, 0.15) is 17.4 Å². The molecule has 26 heavy (non-hydrogen) atoms. The fraction of sp³-hybridized carbons (Fsp3) is 0.105. The van der Waals surface area contributed by atoms with E-state index in [0.717, 1.165) is 17.0 Å². The number of hydrogen-bond acceptors (Lipinski definition) is 5. The lowest BCUT2D eigenvalue weighted by Gasteiger charge is -2.23. The lowest BCUT2D eigenvalue weighted by atomic mass is 10.1. The molecule has 130 valence electrons. The van der Waals surface area contributed by atoms with E-state index in [9.17, 15) is 4.79 Å². The maximum absolute atomic E-state index is 11.9. The average Bonchev–Trinajstić information content (AvgIpc) is 3.11. The first kappa shape index (κ1) is 15.9. The standard InChI is InChI=1S/C19H17N5O2/c1-26-14-9-7-13(8-10-14)24-11-21-16-15(17(20)25)22-18(23-19(16)24)12-5-3-2-4-6-12/h2-11,18,23H,1H3,(H2,20,25). The third-order valence-corrected chi connectivity index (χ3v) is 4.22. The number of carbonyl (C=O) groups excluding carboxylic acids is 1. The minimum atomic E-state index is -0.603. The smallest absolute Gasteiger partial charge is 0.269 e. The molecule has 0 spiro atoms. The maximum atomic E-state index is 11.9. The Morgan fingerprint density at radius 2 is 1.88 bits per heavy atom. The minimum Gasteiger partial charge on any atom is -0.497 e. The van der Waals surface area contributed by atoms with Crippen LogP contribution in [0.2, 0.25) is 0 Å². The molecule has 7 heteroatoms. The van der Waals surface area contributed by atoms with E-state index in [1.807, 2.05) is 59.2 Å². The van der Waals surface area contributed by atoms with Crippen molar-refractivity contribution >= 4 is 17.4 Å². The molecule has 4 rings (SSSR count). The number of nitrogens with two attached hydrogens (primary N) is 1. The monoisotopic (exact) mass is 347 g/mol. The Hall–Kier alpha value is -3.61. The van der Waals surface area contributed by atoms with Gasteiger partial charge in [-0.15, -0.1) is 0 Å². The summed E-state index contributed by atoms with van der Waals surface area (Å²) in [5.41, 5.74) is 7.97. The molecule has 2 aromatic carbocycles. The van der Waals surface area contributed by atoms with Crippen LogP contribution in [0.25, 0.3) is 5.69 Å². The van der Waals surface area contributed by atoms with E-state index < -0.39 is 12.1 Å². The number of methoxy groups -OCH3 is 1. The second-order valence-electron chi connectivity index (χ2n) is 5.81. The second-order valence-corrected chi connectivity index (χ2v) is 5.81. The number of carbonyl (C=O) groups is 1. The fourth-order valence-corrected chi connectivity index (χ4v) is 2.92. The number of imidazole rings is 1. The molecule has 1 aliphatic rings. The van der Waals surface area contributed by atoms with Gasteiger partial charge in [0, 0.05) is 5.69 Å². The fourth-order valence-electron chi connectivity index (χ4n) is 2.92. The molecule has 0 aliphatic carbocycles. The van der Waals surface area contributed by atoms with Gasteiger partial charge in [-0.3, -0.25) is 9.36 Å². The summed E-state index contributed by atoms with van der Waals surface area (Å²) in [6, 6.07) is 17.2. The highest BCUT2D eigenvalue weighted by Gasteiger charge is 2.29. The molecule has 0 radical (unpaired) electrons. The number of nitrogens with zero attached hydrogens (tertiary/aromatic N) is 3. The van der Waals surface area contributed by atoms with Gasteiger partial charge in [-0.2, -0.15) is 0 Å². The Morgan fingerprint density at radius 3 is 2.54 bits per heavy atom. The van der Waals surface area contributed by atoms with E-state index in [4.69, 9.17) is 10.5 Å². The molecule has 3 N–H and O–H groups in total. The van der Waals surface area contributed by atoms with Crippen LogP contribution < -0.4 is 15.8 Å². The summed E-state index contributed by atoms with van der Waals surface area (Å²) in [5, 5.41) is 3.35. The molecule has 1 aliphatic heterocycles. The van der Waals surface area contributed by atoms with Gasteiger partial charge in [0.05, 0.1) is 7.11 Å². The molecule has 0 saturated carbocycles. The molecule has 2 heterocycles. The Balaban J connectivity index is 1.80. The van der Waals surface area contributed by atoms with Crippen LogP contribution in [0.5, 0.6) is 5.75 Å². The molecular formula is C19H17N5O2. The predicted octanol–water partition coefficient (Wildman–Crippen LogP) is 2.28.